The molecule has 0 aliphatic heterocycles. The minimum absolute atomic E-state index is 0.0251. The van der Waals surface area contributed by atoms with Crippen molar-refractivity contribution < 1.29 is 0 Å². The number of nitrogens with zero attached hydrogens (tertiary/aromatic N) is 1. The quantitative estimate of drug-likeness (QED) is 0.612. The van der Waals surface area contributed by atoms with Gasteiger partial charge in [-0.25, -0.2) is 4.98 Å². The Balaban J connectivity index is 1.79. The van der Waals surface area contributed by atoms with E-state index in [1.807, 2.05) is 48.5 Å². The summed E-state index contributed by atoms with van der Waals surface area (Å²) >= 11 is 8.85. The summed E-state index contributed by atoms with van der Waals surface area (Å²) < 4.78 is 0.929. The first-order chi connectivity index (χ1) is 11.7. The number of hydrogen-bond donors (Lipinski definition) is 2. The van der Waals surface area contributed by atoms with Gasteiger partial charge in [0.05, 0.1) is 6.04 Å². The van der Waals surface area contributed by atoms with E-state index in [1.165, 1.54) is 0 Å². The van der Waals surface area contributed by atoms with Crippen molar-refractivity contribution in [3.63, 3.8) is 0 Å². The predicted molar refractivity (Wildman–Crippen MR) is 106 cm³/mol. The van der Waals surface area contributed by atoms with Crippen LogP contribution >= 0.6 is 28.1 Å². The van der Waals surface area contributed by atoms with Crippen molar-refractivity contribution in [3.8, 4) is 0 Å². The van der Waals surface area contributed by atoms with E-state index in [9.17, 15) is 0 Å². The van der Waals surface area contributed by atoms with Crippen LogP contribution in [0.4, 0.5) is 5.82 Å². The minimum atomic E-state index is -0.0251. The molecule has 0 saturated carbocycles. The zero-order chi connectivity index (χ0) is 16.8. The van der Waals surface area contributed by atoms with Crippen molar-refractivity contribution in [1.29, 1.82) is 0 Å². The Morgan fingerprint density at radius 3 is 1.96 bits per heavy atom. The molecule has 0 amide bonds. The normalized spacial score (nSPS) is 10.4. The third-order valence-corrected chi connectivity index (χ3v) is 4.20. The molecule has 0 radical (unpaired) electrons. The van der Waals surface area contributed by atoms with Gasteiger partial charge in [-0.2, -0.15) is 0 Å². The first-order valence-corrected chi connectivity index (χ1v) is 8.71. The van der Waals surface area contributed by atoms with Gasteiger partial charge in [0.1, 0.15) is 5.82 Å². The lowest BCUT2D eigenvalue weighted by Gasteiger charge is -2.21. The van der Waals surface area contributed by atoms with Crippen LogP contribution in [0.1, 0.15) is 17.2 Å². The van der Waals surface area contributed by atoms with Gasteiger partial charge in [-0.3, -0.25) is 0 Å². The van der Waals surface area contributed by atoms with Crippen LogP contribution in [-0.2, 0) is 0 Å². The van der Waals surface area contributed by atoms with Gasteiger partial charge < -0.3 is 10.6 Å². The summed E-state index contributed by atoms with van der Waals surface area (Å²) in [6.07, 6.45) is 1.73. The highest BCUT2D eigenvalue weighted by atomic mass is 79.9. The van der Waals surface area contributed by atoms with Crippen LogP contribution in [0.3, 0.4) is 0 Å². The maximum atomic E-state index is 5.47. The van der Waals surface area contributed by atoms with Gasteiger partial charge in [0.25, 0.3) is 0 Å². The largest absolute Gasteiger partial charge is 0.351 e. The number of hydrogen-bond acceptors (Lipinski definition) is 2. The van der Waals surface area contributed by atoms with Crippen molar-refractivity contribution in [2.45, 2.75) is 6.04 Å². The highest BCUT2D eigenvalue weighted by Crippen LogP contribution is 2.22. The summed E-state index contributed by atoms with van der Waals surface area (Å²) in [6, 6.07) is 24.2. The number of nitrogens with one attached hydrogen (secondary N) is 2. The van der Waals surface area contributed by atoms with Crippen molar-refractivity contribution in [2.24, 2.45) is 0 Å². The van der Waals surface area contributed by atoms with E-state index in [0.29, 0.717) is 10.9 Å². The predicted octanol–water partition coefficient (Wildman–Crippen LogP) is 4.92. The molecule has 0 saturated heterocycles. The van der Waals surface area contributed by atoms with Gasteiger partial charge in [-0.05, 0) is 51.4 Å². The van der Waals surface area contributed by atoms with Crippen LogP contribution in [0.15, 0.2) is 83.5 Å². The fraction of sp³-hybridized carbons (Fsp3) is 0.0526. The molecule has 5 heteroatoms. The third kappa shape index (κ3) is 4.40. The van der Waals surface area contributed by atoms with E-state index in [0.717, 1.165) is 15.6 Å². The zero-order valence-corrected chi connectivity index (χ0v) is 15.2. The molecule has 0 atom stereocenters. The lowest BCUT2D eigenvalue weighted by atomic mass is 9.99. The van der Waals surface area contributed by atoms with Crippen molar-refractivity contribution in [3.05, 3.63) is 94.6 Å². The standard InChI is InChI=1S/C19H16BrN3S/c20-16-11-12-17(21-13-16)22-19(24)23-18(14-7-3-1-4-8-14)15-9-5-2-6-10-15/h1-13,18H,(H2,21,22,23,24). The van der Waals surface area contributed by atoms with E-state index in [2.05, 4.69) is 55.8 Å². The molecule has 120 valence electrons. The van der Waals surface area contributed by atoms with Crippen LogP contribution in [0.5, 0.6) is 0 Å². The summed E-state index contributed by atoms with van der Waals surface area (Å²) in [6.45, 7) is 0. The molecular formula is C19H16BrN3S. The van der Waals surface area contributed by atoms with E-state index in [-0.39, 0.29) is 6.04 Å². The van der Waals surface area contributed by atoms with Crippen LogP contribution in [0.2, 0.25) is 0 Å². The summed E-state index contributed by atoms with van der Waals surface area (Å²) in [7, 11) is 0. The molecule has 0 spiro atoms. The Bertz CT molecular complexity index is 752. The van der Waals surface area contributed by atoms with Crippen LogP contribution in [0, 0.1) is 0 Å². The Morgan fingerprint density at radius 2 is 1.46 bits per heavy atom. The van der Waals surface area contributed by atoms with Crippen molar-refractivity contribution in [1.82, 2.24) is 10.3 Å². The molecule has 0 aliphatic carbocycles. The number of rotatable bonds is 4. The second-order valence-corrected chi connectivity index (χ2v) is 6.54. The van der Waals surface area contributed by atoms with Gasteiger partial charge in [0.15, 0.2) is 5.11 Å². The minimum Gasteiger partial charge on any atom is -0.351 e. The molecule has 24 heavy (non-hydrogen) atoms. The Hall–Kier alpha value is -2.24. The Morgan fingerprint density at radius 1 is 0.875 bits per heavy atom. The van der Waals surface area contributed by atoms with Crippen LogP contribution in [0.25, 0.3) is 0 Å². The van der Waals surface area contributed by atoms with Crippen LogP contribution < -0.4 is 10.6 Å². The number of halogens is 1. The van der Waals surface area contributed by atoms with E-state index in [4.69, 9.17) is 12.2 Å². The average Bonchev–Trinajstić information content (AvgIpc) is 2.63. The number of pyridine rings is 1. The Kier molecular flexibility index (Phi) is 5.56. The fourth-order valence-corrected chi connectivity index (χ4v) is 2.84. The average molecular weight is 398 g/mol. The smallest absolute Gasteiger partial charge is 0.172 e. The highest BCUT2D eigenvalue weighted by Gasteiger charge is 2.14. The molecule has 2 aromatic carbocycles. The molecule has 3 rings (SSSR count). The summed E-state index contributed by atoms with van der Waals surface area (Å²) in [5.74, 6) is 0.704. The van der Waals surface area contributed by atoms with Crippen molar-refractivity contribution >= 4 is 39.1 Å². The molecule has 1 heterocycles. The van der Waals surface area contributed by atoms with Gasteiger partial charge in [-0.1, -0.05) is 60.7 Å². The maximum Gasteiger partial charge on any atom is 0.172 e. The second-order valence-electron chi connectivity index (χ2n) is 5.21. The molecule has 0 unspecified atom stereocenters. The van der Waals surface area contributed by atoms with E-state index in [1.54, 1.807) is 6.20 Å². The highest BCUT2D eigenvalue weighted by molar-refractivity contribution is 9.10. The van der Waals surface area contributed by atoms with Gasteiger partial charge in [-0.15, -0.1) is 0 Å². The topological polar surface area (TPSA) is 37.0 Å². The van der Waals surface area contributed by atoms with Gasteiger partial charge >= 0.3 is 0 Å². The summed E-state index contributed by atoms with van der Waals surface area (Å²) in [4.78, 5) is 4.29. The fourth-order valence-electron chi connectivity index (χ4n) is 2.38. The molecule has 1 aromatic heterocycles. The molecular weight excluding hydrogens is 382 g/mol. The number of aromatic nitrogens is 1. The molecule has 2 N–H and O–H groups in total. The third-order valence-electron chi connectivity index (χ3n) is 3.51. The Labute approximate surface area is 155 Å². The van der Waals surface area contributed by atoms with E-state index < -0.39 is 0 Å². The lowest BCUT2D eigenvalue weighted by Crippen LogP contribution is -2.33. The molecule has 3 nitrogen and oxygen atoms in total. The van der Waals surface area contributed by atoms with E-state index >= 15 is 0 Å². The van der Waals surface area contributed by atoms with Gasteiger partial charge in [0, 0.05) is 10.7 Å². The molecule has 0 bridgehead atoms. The summed E-state index contributed by atoms with van der Waals surface area (Å²) in [5.41, 5.74) is 2.30. The summed E-state index contributed by atoms with van der Waals surface area (Å²) in [5, 5.41) is 7.04. The number of thiocarbonyl (C=S) groups is 1. The SMILES string of the molecule is S=C(Nc1ccc(Br)cn1)NC(c1ccccc1)c1ccccc1. The monoisotopic (exact) mass is 397 g/mol. The zero-order valence-electron chi connectivity index (χ0n) is 12.8. The number of benzene rings is 2. The molecule has 0 aliphatic rings. The second kappa shape index (κ2) is 8.04. The van der Waals surface area contributed by atoms with Crippen LogP contribution in [-0.4, -0.2) is 10.1 Å². The van der Waals surface area contributed by atoms with Crippen molar-refractivity contribution in [2.75, 3.05) is 5.32 Å². The first kappa shape index (κ1) is 16.6. The molecule has 0 fully saturated rings. The number of anilines is 1. The maximum absolute atomic E-state index is 5.47. The van der Waals surface area contributed by atoms with Gasteiger partial charge in [0.2, 0.25) is 0 Å². The molecule has 3 aromatic rings. The lowest BCUT2D eigenvalue weighted by molar-refractivity contribution is 0.768. The first-order valence-electron chi connectivity index (χ1n) is 7.51.